The second-order valence-electron chi connectivity index (χ2n) is 6.40. The average Bonchev–Trinajstić information content (AvgIpc) is 3.14. The summed E-state index contributed by atoms with van der Waals surface area (Å²) < 4.78 is 5.78. The van der Waals surface area contributed by atoms with Gasteiger partial charge < -0.3 is 4.74 Å². The van der Waals surface area contributed by atoms with Crippen LogP contribution < -0.4 is 0 Å². The highest BCUT2D eigenvalue weighted by molar-refractivity contribution is 5.32. The maximum Gasteiger partial charge on any atom is 0.269 e. The smallest absolute Gasteiger partial charge is 0.269 e. The number of non-ortho nitro benzene ring substituents is 1. The maximum absolute atomic E-state index is 10.8. The van der Waals surface area contributed by atoms with Crippen molar-refractivity contribution in [1.29, 1.82) is 0 Å². The fraction of sp³-hybridized carbons (Fsp3) is 0.421. The van der Waals surface area contributed by atoms with Gasteiger partial charge in [0.05, 0.1) is 11.0 Å². The Morgan fingerprint density at radius 3 is 2.72 bits per heavy atom. The monoisotopic (exact) mass is 341 g/mol. The SMILES string of the molecule is O=[N+]([O-])c1ccc(CCN(Cc2cccnc2)CC2CCCO2)cc1. The molecule has 1 aromatic heterocycles. The third kappa shape index (κ3) is 5.34. The molecule has 0 amide bonds. The fourth-order valence-electron chi connectivity index (χ4n) is 3.13. The number of aromatic nitrogens is 1. The molecule has 25 heavy (non-hydrogen) atoms. The van der Waals surface area contributed by atoms with Crippen LogP contribution in [-0.2, 0) is 17.7 Å². The number of hydrogen-bond donors (Lipinski definition) is 0. The summed E-state index contributed by atoms with van der Waals surface area (Å²) in [4.78, 5) is 17.0. The van der Waals surface area contributed by atoms with Crippen molar-refractivity contribution < 1.29 is 9.66 Å². The lowest BCUT2D eigenvalue weighted by molar-refractivity contribution is -0.384. The molecule has 0 spiro atoms. The molecule has 1 unspecified atom stereocenters. The number of benzene rings is 1. The van der Waals surface area contributed by atoms with E-state index in [0.29, 0.717) is 6.10 Å². The Labute approximate surface area is 147 Å². The van der Waals surface area contributed by atoms with Crippen LogP contribution in [0.15, 0.2) is 48.8 Å². The Kier molecular flexibility index (Phi) is 6.09. The number of pyridine rings is 1. The van der Waals surface area contributed by atoms with Crippen molar-refractivity contribution in [3.63, 3.8) is 0 Å². The first kappa shape index (κ1) is 17.5. The van der Waals surface area contributed by atoms with Gasteiger partial charge in [0.2, 0.25) is 0 Å². The molecule has 1 saturated heterocycles. The molecule has 1 fully saturated rings. The summed E-state index contributed by atoms with van der Waals surface area (Å²) in [6, 6.07) is 10.9. The van der Waals surface area contributed by atoms with E-state index in [4.69, 9.17) is 4.74 Å². The van der Waals surface area contributed by atoms with E-state index in [1.807, 2.05) is 24.4 Å². The van der Waals surface area contributed by atoms with Crippen LogP contribution in [0.3, 0.4) is 0 Å². The lowest BCUT2D eigenvalue weighted by Gasteiger charge is -2.25. The lowest BCUT2D eigenvalue weighted by atomic mass is 10.1. The number of hydrogen-bond acceptors (Lipinski definition) is 5. The first-order valence-corrected chi connectivity index (χ1v) is 8.67. The zero-order chi connectivity index (χ0) is 17.5. The van der Waals surface area contributed by atoms with E-state index >= 15 is 0 Å². The largest absolute Gasteiger partial charge is 0.377 e. The van der Waals surface area contributed by atoms with E-state index in [0.717, 1.165) is 51.1 Å². The van der Waals surface area contributed by atoms with Gasteiger partial charge >= 0.3 is 0 Å². The van der Waals surface area contributed by atoms with Gasteiger partial charge in [-0.15, -0.1) is 0 Å². The molecule has 0 aliphatic carbocycles. The van der Waals surface area contributed by atoms with Crippen LogP contribution in [0.4, 0.5) is 5.69 Å². The number of rotatable bonds is 8. The molecule has 1 aromatic carbocycles. The number of nitro benzene ring substituents is 1. The quantitative estimate of drug-likeness (QED) is 0.545. The Balaban J connectivity index is 1.60. The summed E-state index contributed by atoms with van der Waals surface area (Å²) >= 11 is 0. The van der Waals surface area contributed by atoms with Crippen molar-refractivity contribution in [1.82, 2.24) is 9.88 Å². The first-order chi connectivity index (χ1) is 12.2. The number of ether oxygens (including phenoxy) is 1. The van der Waals surface area contributed by atoms with Crippen molar-refractivity contribution in [2.24, 2.45) is 0 Å². The number of nitrogens with zero attached hydrogens (tertiary/aromatic N) is 3. The maximum atomic E-state index is 10.8. The predicted octanol–water partition coefficient (Wildman–Crippen LogP) is 3.21. The molecule has 0 bridgehead atoms. The minimum absolute atomic E-state index is 0.135. The summed E-state index contributed by atoms with van der Waals surface area (Å²) in [6.45, 7) is 3.48. The Morgan fingerprint density at radius 1 is 1.24 bits per heavy atom. The molecule has 0 saturated carbocycles. The number of nitro groups is 1. The van der Waals surface area contributed by atoms with E-state index in [1.165, 1.54) is 5.56 Å². The van der Waals surface area contributed by atoms with Crippen LogP contribution in [0, 0.1) is 10.1 Å². The van der Waals surface area contributed by atoms with Crippen LogP contribution in [0.5, 0.6) is 0 Å². The summed E-state index contributed by atoms with van der Waals surface area (Å²) in [7, 11) is 0. The second-order valence-corrected chi connectivity index (χ2v) is 6.40. The van der Waals surface area contributed by atoms with Crippen LogP contribution >= 0.6 is 0 Å². The van der Waals surface area contributed by atoms with E-state index < -0.39 is 0 Å². The first-order valence-electron chi connectivity index (χ1n) is 8.67. The minimum atomic E-state index is -0.365. The van der Waals surface area contributed by atoms with E-state index in [9.17, 15) is 10.1 Å². The highest BCUT2D eigenvalue weighted by Crippen LogP contribution is 2.16. The summed E-state index contributed by atoms with van der Waals surface area (Å²) in [5, 5.41) is 10.8. The van der Waals surface area contributed by atoms with E-state index in [-0.39, 0.29) is 10.6 Å². The Hall–Kier alpha value is -2.31. The van der Waals surface area contributed by atoms with Crippen molar-refractivity contribution in [2.75, 3.05) is 19.7 Å². The fourth-order valence-corrected chi connectivity index (χ4v) is 3.13. The second kappa shape index (κ2) is 8.69. The molecule has 132 valence electrons. The van der Waals surface area contributed by atoms with Gasteiger partial charge in [0, 0.05) is 50.8 Å². The minimum Gasteiger partial charge on any atom is -0.377 e. The van der Waals surface area contributed by atoms with Gasteiger partial charge in [-0.1, -0.05) is 18.2 Å². The third-order valence-corrected chi connectivity index (χ3v) is 4.48. The van der Waals surface area contributed by atoms with Gasteiger partial charge in [0.1, 0.15) is 0 Å². The highest BCUT2D eigenvalue weighted by Gasteiger charge is 2.19. The molecule has 0 radical (unpaired) electrons. The molecule has 1 aliphatic heterocycles. The van der Waals surface area contributed by atoms with E-state index in [1.54, 1.807) is 18.3 Å². The van der Waals surface area contributed by atoms with Gasteiger partial charge in [-0.25, -0.2) is 0 Å². The van der Waals surface area contributed by atoms with Gasteiger partial charge in [-0.2, -0.15) is 0 Å². The topological polar surface area (TPSA) is 68.5 Å². The third-order valence-electron chi connectivity index (χ3n) is 4.48. The summed E-state index contributed by atoms with van der Waals surface area (Å²) in [5.74, 6) is 0. The van der Waals surface area contributed by atoms with Crippen LogP contribution in [0.1, 0.15) is 24.0 Å². The zero-order valence-electron chi connectivity index (χ0n) is 14.2. The zero-order valence-corrected chi connectivity index (χ0v) is 14.2. The van der Waals surface area contributed by atoms with Gasteiger partial charge in [-0.05, 0) is 36.5 Å². The predicted molar refractivity (Wildman–Crippen MR) is 95.3 cm³/mol. The molecular formula is C19H23N3O3. The van der Waals surface area contributed by atoms with Gasteiger partial charge in [0.25, 0.3) is 5.69 Å². The van der Waals surface area contributed by atoms with Crippen molar-refractivity contribution >= 4 is 5.69 Å². The molecule has 0 N–H and O–H groups in total. The lowest BCUT2D eigenvalue weighted by Crippen LogP contribution is -2.33. The summed E-state index contributed by atoms with van der Waals surface area (Å²) in [5.41, 5.74) is 2.42. The average molecular weight is 341 g/mol. The Morgan fingerprint density at radius 2 is 2.08 bits per heavy atom. The van der Waals surface area contributed by atoms with Crippen molar-refractivity contribution in [3.05, 3.63) is 70.0 Å². The molecular weight excluding hydrogens is 318 g/mol. The highest BCUT2D eigenvalue weighted by atomic mass is 16.6. The molecule has 1 atom stereocenters. The van der Waals surface area contributed by atoms with E-state index in [2.05, 4.69) is 16.0 Å². The molecule has 6 nitrogen and oxygen atoms in total. The normalized spacial score (nSPS) is 17.1. The Bertz CT molecular complexity index is 670. The van der Waals surface area contributed by atoms with Crippen LogP contribution in [-0.4, -0.2) is 40.6 Å². The molecule has 1 aliphatic rings. The van der Waals surface area contributed by atoms with Crippen molar-refractivity contribution in [2.45, 2.75) is 31.9 Å². The molecule has 2 aromatic rings. The molecule has 3 rings (SSSR count). The van der Waals surface area contributed by atoms with Crippen molar-refractivity contribution in [3.8, 4) is 0 Å². The summed E-state index contributed by atoms with van der Waals surface area (Å²) in [6.07, 6.45) is 7.08. The van der Waals surface area contributed by atoms with Gasteiger partial charge in [0.15, 0.2) is 0 Å². The van der Waals surface area contributed by atoms with Crippen LogP contribution in [0.25, 0.3) is 0 Å². The standard InChI is InChI=1S/C19H23N3O3/c23-22(24)18-7-5-16(6-8-18)9-11-21(15-19-4-2-12-25-19)14-17-3-1-10-20-13-17/h1,3,5-8,10,13,19H,2,4,9,11-12,14-15H2. The van der Waals surface area contributed by atoms with Gasteiger partial charge in [-0.3, -0.25) is 20.0 Å². The molecule has 6 heteroatoms. The molecule has 2 heterocycles. The van der Waals surface area contributed by atoms with Crippen LogP contribution in [0.2, 0.25) is 0 Å².